The molecule has 0 saturated heterocycles. The van der Waals surface area contributed by atoms with Crippen molar-refractivity contribution in [2.75, 3.05) is 0 Å². The lowest BCUT2D eigenvalue weighted by Gasteiger charge is -2.13. The average Bonchev–Trinajstić information content (AvgIpc) is 3.03. The molecule has 3 aromatic rings. The molecule has 0 spiro atoms. The Hall–Kier alpha value is -2.09. The van der Waals surface area contributed by atoms with E-state index in [4.69, 9.17) is 11.6 Å². The van der Waals surface area contributed by atoms with Crippen LogP contribution in [0.5, 0.6) is 0 Å². The van der Waals surface area contributed by atoms with Crippen molar-refractivity contribution >= 4 is 11.6 Å². The Kier molecular flexibility index (Phi) is 4.38. The highest BCUT2D eigenvalue weighted by Gasteiger charge is 2.20. The van der Waals surface area contributed by atoms with Gasteiger partial charge in [0.1, 0.15) is 0 Å². The molecule has 2 heteroatoms. The van der Waals surface area contributed by atoms with Gasteiger partial charge in [0.2, 0.25) is 0 Å². The minimum Gasteiger partial charge on any atom is -0.309 e. The van der Waals surface area contributed by atoms with Crippen LogP contribution in [-0.2, 0) is 19.4 Å². The second kappa shape index (κ2) is 6.80. The number of benzene rings is 3. The second-order valence-corrected chi connectivity index (χ2v) is 6.90. The quantitative estimate of drug-likeness (QED) is 0.686. The Labute approximate surface area is 148 Å². The summed E-state index contributed by atoms with van der Waals surface area (Å²) in [5.74, 6) is 0. The summed E-state index contributed by atoms with van der Waals surface area (Å²) in [5, 5.41) is 4.49. The Balaban J connectivity index is 1.44. The molecule has 0 heterocycles. The van der Waals surface area contributed by atoms with Gasteiger partial charge in [-0.2, -0.15) is 0 Å². The summed E-state index contributed by atoms with van der Waals surface area (Å²) in [6.07, 6.45) is 2.26. The van der Waals surface area contributed by atoms with Crippen LogP contribution in [0.1, 0.15) is 16.7 Å². The Morgan fingerprint density at radius 1 is 0.792 bits per heavy atom. The third kappa shape index (κ3) is 3.38. The normalized spacial score (nSPS) is 13.9. The molecule has 0 atom stereocenters. The second-order valence-electron chi connectivity index (χ2n) is 6.47. The summed E-state index contributed by atoms with van der Waals surface area (Å²) < 4.78 is 0. The molecular formula is C22H20ClN. The first-order valence-corrected chi connectivity index (χ1v) is 8.81. The molecule has 0 radical (unpaired) electrons. The topological polar surface area (TPSA) is 12.0 Å². The number of hydrogen-bond acceptors (Lipinski definition) is 1. The van der Waals surface area contributed by atoms with Gasteiger partial charge in [0, 0.05) is 17.6 Å². The highest BCUT2D eigenvalue weighted by Crippen LogP contribution is 2.24. The van der Waals surface area contributed by atoms with Crippen molar-refractivity contribution in [1.29, 1.82) is 0 Å². The average molecular weight is 334 g/mol. The van der Waals surface area contributed by atoms with Gasteiger partial charge in [-0.3, -0.25) is 0 Å². The molecule has 0 aliphatic heterocycles. The van der Waals surface area contributed by atoms with Gasteiger partial charge in [0.05, 0.1) is 0 Å². The number of nitrogens with one attached hydrogen (secondary N) is 1. The molecule has 1 nitrogen and oxygen atoms in total. The molecule has 4 rings (SSSR count). The molecule has 24 heavy (non-hydrogen) atoms. The molecule has 1 aliphatic rings. The molecule has 0 fully saturated rings. The minimum atomic E-state index is 0.539. The standard InChI is InChI=1S/C22H20ClN/c23-21-10-4-9-18(12-21)17-8-3-5-16(11-17)15-24-22-13-19-6-1-2-7-20(19)14-22/h1-12,22,24H,13-15H2. The summed E-state index contributed by atoms with van der Waals surface area (Å²) in [6, 6.07) is 26.0. The zero-order valence-electron chi connectivity index (χ0n) is 13.5. The van der Waals surface area contributed by atoms with Crippen LogP contribution in [0.25, 0.3) is 11.1 Å². The van der Waals surface area contributed by atoms with Gasteiger partial charge in [0.15, 0.2) is 0 Å². The van der Waals surface area contributed by atoms with Crippen molar-refractivity contribution in [1.82, 2.24) is 5.32 Å². The summed E-state index contributed by atoms with van der Waals surface area (Å²) in [7, 11) is 0. The number of hydrogen-bond donors (Lipinski definition) is 1. The molecule has 0 aromatic heterocycles. The zero-order chi connectivity index (χ0) is 16.4. The summed E-state index contributed by atoms with van der Waals surface area (Å²) in [6.45, 7) is 0.896. The van der Waals surface area contributed by atoms with Crippen molar-refractivity contribution in [2.24, 2.45) is 0 Å². The lowest BCUT2D eigenvalue weighted by molar-refractivity contribution is 0.533. The van der Waals surface area contributed by atoms with Gasteiger partial charge >= 0.3 is 0 Å². The molecule has 3 aromatic carbocycles. The third-order valence-electron chi connectivity index (χ3n) is 4.73. The fourth-order valence-corrected chi connectivity index (χ4v) is 3.68. The maximum atomic E-state index is 6.11. The fourth-order valence-electron chi connectivity index (χ4n) is 3.49. The van der Waals surface area contributed by atoms with Crippen LogP contribution >= 0.6 is 11.6 Å². The molecule has 0 amide bonds. The first-order chi connectivity index (χ1) is 11.8. The van der Waals surface area contributed by atoms with Crippen LogP contribution in [0.3, 0.4) is 0 Å². The largest absolute Gasteiger partial charge is 0.309 e. The Morgan fingerprint density at radius 2 is 1.46 bits per heavy atom. The first kappa shape index (κ1) is 15.4. The Morgan fingerprint density at radius 3 is 2.17 bits per heavy atom. The maximum Gasteiger partial charge on any atom is 0.0412 e. The highest BCUT2D eigenvalue weighted by atomic mass is 35.5. The van der Waals surface area contributed by atoms with E-state index in [0.29, 0.717) is 6.04 Å². The summed E-state index contributed by atoms with van der Waals surface area (Å²) in [5.41, 5.74) is 6.66. The number of fused-ring (bicyclic) bond motifs is 1. The van der Waals surface area contributed by atoms with Crippen LogP contribution in [0, 0.1) is 0 Å². The third-order valence-corrected chi connectivity index (χ3v) is 4.97. The van der Waals surface area contributed by atoms with Gasteiger partial charge in [-0.05, 0) is 58.9 Å². The van der Waals surface area contributed by atoms with Gasteiger partial charge in [-0.15, -0.1) is 0 Å². The lowest BCUT2D eigenvalue weighted by Crippen LogP contribution is -2.28. The van der Waals surface area contributed by atoms with Crippen molar-refractivity contribution in [2.45, 2.75) is 25.4 Å². The molecule has 0 saturated carbocycles. The molecule has 0 bridgehead atoms. The van der Waals surface area contributed by atoms with Gasteiger partial charge in [-0.1, -0.05) is 66.2 Å². The van der Waals surface area contributed by atoms with Crippen LogP contribution in [0.15, 0.2) is 72.8 Å². The Bertz CT molecular complexity index is 831. The summed E-state index contributed by atoms with van der Waals surface area (Å²) >= 11 is 6.11. The van der Waals surface area contributed by atoms with E-state index in [1.54, 1.807) is 0 Å². The van der Waals surface area contributed by atoms with E-state index in [-0.39, 0.29) is 0 Å². The molecule has 1 aliphatic carbocycles. The minimum absolute atomic E-state index is 0.539. The first-order valence-electron chi connectivity index (χ1n) is 8.43. The van der Waals surface area contributed by atoms with Crippen LogP contribution in [-0.4, -0.2) is 6.04 Å². The van der Waals surface area contributed by atoms with Gasteiger partial charge < -0.3 is 5.32 Å². The predicted octanol–water partition coefficient (Wildman–Crippen LogP) is 5.26. The van der Waals surface area contributed by atoms with E-state index in [0.717, 1.165) is 30.0 Å². The highest BCUT2D eigenvalue weighted by molar-refractivity contribution is 6.30. The van der Waals surface area contributed by atoms with Crippen molar-refractivity contribution in [3.05, 3.63) is 94.5 Å². The van der Waals surface area contributed by atoms with E-state index in [2.05, 4.69) is 59.9 Å². The number of halogens is 1. The molecular weight excluding hydrogens is 314 g/mol. The predicted molar refractivity (Wildman–Crippen MR) is 101 cm³/mol. The van der Waals surface area contributed by atoms with Gasteiger partial charge in [0.25, 0.3) is 0 Å². The van der Waals surface area contributed by atoms with Crippen molar-refractivity contribution in [3.63, 3.8) is 0 Å². The maximum absolute atomic E-state index is 6.11. The van der Waals surface area contributed by atoms with Crippen LogP contribution in [0.4, 0.5) is 0 Å². The molecule has 1 N–H and O–H groups in total. The van der Waals surface area contributed by atoms with E-state index in [1.807, 2.05) is 18.2 Å². The summed E-state index contributed by atoms with van der Waals surface area (Å²) in [4.78, 5) is 0. The fraction of sp³-hybridized carbons (Fsp3) is 0.182. The van der Waals surface area contributed by atoms with E-state index < -0.39 is 0 Å². The van der Waals surface area contributed by atoms with E-state index in [9.17, 15) is 0 Å². The molecule has 120 valence electrons. The molecule has 0 unspecified atom stereocenters. The monoisotopic (exact) mass is 333 g/mol. The van der Waals surface area contributed by atoms with Crippen molar-refractivity contribution < 1.29 is 0 Å². The smallest absolute Gasteiger partial charge is 0.0412 e. The van der Waals surface area contributed by atoms with Gasteiger partial charge in [-0.25, -0.2) is 0 Å². The van der Waals surface area contributed by atoms with Crippen molar-refractivity contribution in [3.8, 4) is 11.1 Å². The van der Waals surface area contributed by atoms with Crippen LogP contribution < -0.4 is 5.32 Å². The number of rotatable bonds is 4. The SMILES string of the molecule is Clc1cccc(-c2cccc(CNC3Cc4ccccc4C3)c2)c1. The van der Waals surface area contributed by atoms with E-state index in [1.165, 1.54) is 22.3 Å². The van der Waals surface area contributed by atoms with E-state index >= 15 is 0 Å². The van der Waals surface area contributed by atoms with Crippen LogP contribution in [0.2, 0.25) is 5.02 Å². The zero-order valence-corrected chi connectivity index (χ0v) is 14.3. The lowest BCUT2D eigenvalue weighted by atomic mass is 10.0.